The van der Waals surface area contributed by atoms with Crippen LogP contribution >= 0.6 is 0 Å². The Balaban J connectivity index is 1.35. The first-order valence-corrected chi connectivity index (χ1v) is 8.81. The SMILES string of the molecule is COc1ccccc1-c1nc(NC(=O)CCc2nc(-c3cccnc3)no2)n[nH]1. The molecule has 10 nitrogen and oxygen atoms in total. The van der Waals surface area contributed by atoms with E-state index in [0.717, 1.165) is 11.1 Å². The molecule has 0 spiro atoms. The molecule has 0 radical (unpaired) electrons. The van der Waals surface area contributed by atoms with Crippen LogP contribution in [0.15, 0.2) is 53.3 Å². The minimum Gasteiger partial charge on any atom is -0.496 e. The molecule has 3 aromatic heterocycles. The van der Waals surface area contributed by atoms with Crippen LogP contribution in [0.3, 0.4) is 0 Å². The number of ether oxygens (including phenoxy) is 1. The van der Waals surface area contributed by atoms with E-state index in [4.69, 9.17) is 9.26 Å². The lowest BCUT2D eigenvalue weighted by atomic mass is 10.2. The molecule has 0 bridgehead atoms. The number of anilines is 1. The van der Waals surface area contributed by atoms with Gasteiger partial charge < -0.3 is 9.26 Å². The fourth-order valence-electron chi connectivity index (χ4n) is 2.65. The third kappa shape index (κ3) is 4.26. The van der Waals surface area contributed by atoms with Crippen molar-refractivity contribution >= 4 is 11.9 Å². The number of hydrogen-bond acceptors (Lipinski definition) is 8. The Labute approximate surface area is 165 Å². The molecule has 0 unspecified atom stereocenters. The summed E-state index contributed by atoms with van der Waals surface area (Å²) < 4.78 is 10.5. The van der Waals surface area contributed by atoms with Crippen molar-refractivity contribution in [2.24, 2.45) is 0 Å². The number of carbonyl (C=O) groups excluding carboxylic acids is 1. The number of nitrogens with one attached hydrogen (secondary N) is 2. The first-order chi connectivity index (χ1) is 14.2. The first kappa shape index (κ1) is 18.3. The number of methoxy groups -OCH3 is 1. The molecule has 0 saturated heterocycles. The quantitative estimate of drug-likeness (QED) is 0.491. The topological polar surface area (TPSA) is 132 Å². The Morgan fingerprint density at radius 2 is 2.10 bits per heavy atom. The number of amides is 1. The number of carbonyl (C=O) groups is 1. The van der Waals surface area contributed by atoms with Gasteiger partial charge in [0.25, 0.3) is 0 Å². The van der Waals surface area contributed by atoms with Crippen LogP contribution in [0.5, 0.6) is 5.75 Å². The Bertz CT molecular complexity index is 1110. The highest BCUT2D eigenvalue weighted by atomic mass is 16.5. The summed E-state index contributed by atoms with van der Waals surface area (Å²) in [6.07, 6.45) is 3.75. The van der Waals surface area contributed by atoms with Gasteiger partial charge >= 0.3 is 0 Å². The highest BCUT2D eigenvalue weighted by Crippen LogP contribution is 2.27. The number of aromatic nitrogens is 6. The Morgan fingerprint density at radius 3 is 2.93 bits per heavy atom. The van der Waals surface area contributed by atoms with Crippen molar-refractivity contribution in [3.05, 3.63) is 54.7 Å². The van der Waals surface area contributed by atoms with Gasteiger partial charge in [-0.25, -0.2) is 0 Å². The monoisotopic (exact) mass is 391 g/mol. The number of nitrogens with zero attached hydrogens (tertiary/aromatic N) is 5. The molecular weight excluding hydrogens is 374 g/mol. The van der Waals surface area contributed by atoms with E-state index in [2.05, 4.69) is 35.6 Å². The Kier molecular flexibility index (Phi) is 5.23. The van der Waals surface area contributed by atoms with Gasteiger partial charge in [-0.2, -0.15) is 9.97 Å². The number of aryl methyl sites for hydroxylation is 1. The van der Waals surface area contributed by atoms with E-state index >= 15 is 0 Å². The molecular formula is C19H17N7O3. The average molecular weight is 391 g/mol. The molecule has 29 heavy (non-hydrogen) atoms. The zero-order valence-electron chi connectivity index (χ0n) is 15.5. The van der Waals surface area contributed by atoms with Crippen LogP contribution in [0.4, 0.5) is 5.95 Å². The van der Waals surface area contributed by atoms with Crippen molar-refractivity contribution in [3.8, 4) is 28.5 Å². The molecule has 10 heteroatoms. The standard InChI is InChI=1S/C19H17N7O3/c1-28-14-7-3-2-6-13(14)18-23-19(25-24-18)21-15(27)8-9-16-22-17(26-29-16)12-5-4-10-20-11-12/h2-7,10-11H,8-9H2,1H3,(H2,21,23,24,25,27). The van der Waals surface area contributed by atoms with Crippen LogP contribution in [0, 0.1) is 0 Å². The van der Waals surface area contributed by atoms with Gasteiger partial charge in [0.05, 0.1) is 12.7 Å². The fourth-order valence-corrected chi connectivity index (χ4v) is 2.65. The van der Waals surface area contributed by atoms with Gasteiger partial charge in [0.15, 0.2) is 5.82 Å². The molecule has 1 amide bonds. The summed E-state index contributed by atoms with van der Waals surface area (Å²) >= 11 is 0. The van der Waals surface area contributed by atoms with Crippen LogP contribution < -0.4 is 10.1 Å². The lowest BCUT2D eigenvalue weighted by Gasteiger charge is -2.04. The summed E-state index contributed by atoms with van der Waals surface area (Å²) in [4.78, 5) is 24.8. The van der Waals surface area contributed by atoms with Gasteiger partial charge in [-0.3, -0.25) is 20.2 Å². The van der Waals surface area contributed by atoms with Crippen LogP contribution in [0.2, 0.25) is 0 Å². The van der Waals surface area contributed by atoms with Crippen molar-refractivity contribution < 1.29 is 14.1 Å². The summed E-state index contributed by atoms with van der Waals surface area (Å²) in [5, 5.41) is 13.4. The number of hydrogen-bond donors (Lipinski definition) is 2. The van der Waals surface area contributed by atoms with Crippen molar-refractivity contribution in [3.63, 3.8) is 0 Å². The molecule has 2 N–H and O–H groups in total. The summed E-state index contributed by atoms with van der Waals surface area (Å²) in [6.45, 7) is 0. The number of pyridine rings is 1. The van der Waals surface area contributed by atoms with E-state index in [-0.39, 0.29) is 18.3 Å². The minimum atomic E-state index is -0.267. The summed E-state index contributed by atoms with van der Waals surface area (Å²) in [7, 11) is 1.58. The number of benzene rings is 1. The van der Waals surface area contributed by atoms with Gasteiger partial charge in [-0.05, 0) is 24.3 Å². The maximum absolute atomic E-state index is 12.2. The summed E-state index contributed by atoms with van der Waals surface area (Å²) in [5.74, 6) is 1.86. The van der Waals surface area contributed by atoms with E-state index in [9.17, 15) is 4.79 Å². The molecule has 3 heterocycles. The van der Waals surface area contributed by atoms with Gasteiger partial charge in [-0.1, -0.05) is 17.3 Å². The average Bonchev–Trinajstić information content (AvgIpc) is 3.43. The Hall–Kier alpha value is -4.08. The molecule has 0 saturated carbocycles. The van der Waals surface area contributed by atoms with Crippen molar-refractivity contribution in [1.29, 1.82) is 0 Å². The number of rotatable bonds is 7. The zero-order valence-corrected chi connectivity index (χ0v) is 15.5. The fraction of sp³-hybridized carbons (Fsp3) is 0.158. The second-order valence-electron chi connectivity index (χ2n) is 6.01. The molecule has 4 aromatic rings. The smallest absolute Gasteiger partial charge is 0.249 e. The van der Waals surface area contributed by atoms with Gasteiger partial charge in [-0.15, -0.1) is 5.10 Å². The lowest BCUT2D eigenvalue weighted by Crippen LogP contribution is -2.13. The minimum absolute atomic E-state index is 0.146. The van der Waals surface area contributed by atoms with Crippen molar-refractivity contribution in [2.75, 3.05) is 12.4 Å². The van der Waals surface area contributed by atoms with E-state index in [0.29, 0.717) is 29.7 Å². The molecule has 146 valence electrons. The number of para-hydroxylation sites is 1. The summed E-state index contributed by atoms with van der Waals surface area (Å²) in [6, 6.07) is 11.0. The first-order valence-electron chi connectivity index (χ1n) is 8.81. The van der Waals surface area contributed by atoms with Gasteiger partial charge in [0, 0.05) is 30.8 Å². The van der Waals surface area contributed by atoms with Gasteiger partial charge in [0.1, 0.15) is 5.75 Å². The van der Waals surface area contributed by atoms with E-state index in [1.807, 2.05) is 30.3 Å². The van der Waals surface area contributed by atoms with Gasteiger partial charge in [0.2, 0.25) is 23.6 Å². The lowest BCUT2D eigenvalue weighted by molar-refractivity contribution is -0.116. The molecule has 0 aliphatic rings. The van der Waals surface area contributed by atoms with Crippen LogP contribution in [-0.4, -0.2) is 43.3 Å². The van der Waals surface area contributed by atoms with Crippen molar-refractivity contribution in [2.45, 2.75) is 12.8 Å². The van der Waals surface area contributed by atoms with E-state index < -0.39 is 0 Å². The predicted octanol–water partition coefficient (Wildman–Crippen LogP) is 2.50. The Morgan fingerprint density at radius 1 is 1.21 bits per heavy atom. The van der Waals surface area contributed by atoms with Crippen LogP contribution in [-0.2, 0) is 11.2 Å². The number of aromatic amines is 1. The molecule has 0 aliphatic carbocycles. The molecule has 4 rings (SSSR count). The molecule has 0 fully saturated rings. The van der Waals surface area contributed by atoms with E-state index in [1.165, 1.54) is 0 Å². The third-order valence-corrected chi connectivity index (χ3v) is 4.05. The number of H-pyrrole nitrogens is 1. The molecule has 0 atom stereocenters. The highest BCUT2D eigenvalue weighted by molar-refractivity contribution is 5.89. The highest BCUT2D eigenvalue weighted by Gasteiger charge is 2.14. The maximum atomic E-state index is 12.2. The molecule has 1 aromatic carbocycles. The van der Waals surface area contributed by atoms with Crippen LogP contribution in [0.1, 0.15) is 12.3 Å². The third-order valence-electron chi connectivity index (χ3n) is 4.05. The van der Waals surface area contributed by atoms with Crippen molar-refractivity contribution in [1.82, 2.24) is 30.3 Å². The normalized spacial score (nSPS) is 10.7. The predicted molar refractivity (Wildman–Crippen MR) is 103 cm³/mol. The van der Waals surface area contributed by atoms with Crippen LogP contribution in [0.25, 0.3) is 22.8 Å². The maximum Gasteiger partial charge on any atom is 0.249 e. The zero-order chi connectivity index (χ0) is 20.1. The van der Waals surface area contributed by atoms with E-state index in [1.54, 1.807) is 25.6 Å². The second kappa shape index (κ2) is 8.30. The largest absolute Gasteiger partial charge is 0.496 e. The summed E-state index contributed by atoms with van der Waals surface area (Å²) in [5.41, 5.74) is 1.49. The molecule has 0 aliphatic heterocycles. The second-order valence-corrected chi connectivity index (χ2v) is 6.01.